The fourth-order valence-electron chi connectivity index (χ4n) is 2.53. The van der Waals surface area contributed by atoms with Crippen molar-refractivity contribution in [2.75, 3.05) is 20.3 Å². The Morgan fingerprint density at radius 3 is 2.59 bits per heavy atom. The van der Waals surface area contributed by atoms with E-state index in [1.165, 1.54) is 35.6 Å². The average Bonchev–Trinajstić information content (AvgIpc) is 2.98. The summed E-state index contributed by atoms with van der Waals surface area (Å²) in [5.41, 5.74) is 0.880. The van der Waals surface area contributed by atoms with E-state index in [2.05, 4.69) is 4.40 Å². The van der Waals surface area contributed by atoms with E-state index in [1.54, 1.807) is 7.11 Å². The Balaban J connectivity index is 2.14. The fourth-order valence-corrected chi connectivity index (χ4v) is 4.94. The first kappa shape index (κ1) is 19.9. The predicted octanol–water partition coefficient (Wildman–Crippen LogP) is 3.69. The van der Waals surface area contributed by atoms with Crippen LogP contribution in [0.1, 0.15) is 6.92 Å². The van der Waals surface area contributed by atoms with Gasteiger partial charge in [0.25, 0.3) is 10.0 Å². The Morgan fingerprint density at radius 2 is 1.93 bits per heavy atom. The van der Waals surface area contributed by atoms with Crippen LogP contribution in [-0.4, -0.2) is 33.3 Å². The van der Waals surface area contributed by atoms with Gasteiger partial charge in [0, 0.05) is 18.2 Å². The van der Waals surface area contributed by atoms with Gasteiger partial charge < -0.3 is 14.0 Å². The van der Waals surface area contributed by atoms with Gasteiger partial charge in [-0.2, -0.15) is 8.42 Å². The monoisotopic (exact) mass is 426 g/mol. The minimum Gasteiger partial charge on any atom is -0.497 e. The molecule has 144 valence electrons. The number of hydrogen-bond donors (Lipinski definition) is 0. The molecule has 0 saturated carbocycles. The summed E-state index contributed by atoms with van der Waals surface area (Å²) >= 11 is 7.14. The van der Waals surface area contributed by atoms with Crippen LogP contribution in [0.4, 0.5) is 0 Å². The molecule has 0 saturated heterocycles. The number of benzene rings is 2. The summed E-state index contributed by atoms with van der Waals surface area (Å²) in [7, 11) is -2.27. The number of fused-ring (bicyclic) bond motifs is 1. The van der Waals surface area contributed by atoms with E-state index in [1.807, 2.05) is 29.7 Å². The average molecular weight is 427 g/mol. The first-order chi connectivity index (χ1) is 12.9. The highest BCUT2D eigenvalue weighted by atomic mass is 35.5. The van der Waals surface area contributed by atoms with Gasteiger partial charge in [0.05, 0.1) is 28.8 Å². The molecule has 1 heterocycles. The normalized spacial score (nSPS) is 12.6. The standard InChI is InChI=1S/C18H19ClN2O4S2/c1-3-25-11-10-21-16-9-6-14(24-2)12-17(16)26-18(21)20-27(22,23)15-7-4-13(19)5-8-15/h4-9,12H,3,10-11H2,1-2H3/b20-18-. The topological polar surface area (TPSA) is 69.9 Å². The summed E-state index contributed by atoms with van der Waals surface area (Å²) in [6.07, 6.45) is 0. The molecule has 3 rings (SSSR count). The molecule has 0 aliphatic heterocycles. The van der Waals surface area contributed by atoms with Gasteiger partial charge in [0.15, 0.2) is 0 Å². The highest BCUT2D eigenvalue weighted by Gasteiger charge is 2.15. The lowest BCUT2D eigenvalue weighted by atomic mass is 10.3. The first-order valence-electron chi connectivity index (χ1n) is 8.26. The van der Waals surface area contributed by atoms with E-state index >= 15 is 0 Å². The van der Waals surface area contributed by atoms with Gasteiger partial charge in [-0.05, 0) is 49.4 Å². The van der Waals surface area contributed by atoms with Crippen LogP contribution in [0.3, 0.4) is 0 Å². The number of halogens is 1. The zero-order valence-electron chi connectivity index (χ0n) is 14.9. The minimum absolute atomic E-state index is 0.0956. The van der Waals surface area contributed by atoms with Gasteiger partial charge in [-0.3, -0.25) is 0 Å². The summed E-state index contributed by atoms with van der Waals surface area (Å²) in [6, 6.07) is 11.6. The van der Waals surface area contributed by atoms with Crippen molar-refractivity contribution in [3.8, 4) is 5.75 Å². The van der Waals surface area contributed by atoms with Crippen molar-refractivity contribution in [3.63, 3.8) is 0 Å². The number of rotatable bonds is 7. The van der Waals surface area contributed by atoms with E-state index in [4.69, 9.17) is 21.1 Å². The molecule has 0 atom stereocenters. The summed E-state index contributed by atoms with van der Waals surface area (Å²) < 4.78 is 43.0. The zero-order valence-corrected chi connectivity index (χ0v) is 17.3. The molecule has 9 heteroatoms. The second-order valence-electron chi connectivity index (χ2n) is 5.59. The van der Waals surface area contributed by atoms with Crippen molar-refractivity contribution in [3.05, 3.63) is 52.3 Å². The van der Waals surface area contributed by atoms with E-state index in [9.17, 15) is 8.42 Å². The maximum Gasteiger partial charge on any atom is 0.285 e. The molecule has 0 spiro atoms. The largest absolute Gasteiger partial charge is 0.497 e. The highest BCUT2D eigenvalue weighted by Crippen LogP contribution is 2.24. The number of thiazole rings is 1. The Hall–Kier alpha value is -1.87. The molecule has 0 bridgehead atoms. The van der Waals surface area contributed by atoms with Gasteiger partial charge in [-0.25, -0.2) is 0 Å². The van der Waals surface area contributed by atoms with Crippen molar-refractivity contribution in [1.82, 2.24) is 4.57 Å². The van der Waals surface area contributed by atoms with Crippen molar-refractivity contribution < 1.29 is 17.9 Å². The summed E-state index contributed by atoms with van der Waals surface area (Å²) in [5.74, 6) is 0.702. The van der Waals surface area contributed by atoms with Crippen molar-refractivity contribution in [1.29, 1.82) is 0 Å². The molecule has 6 nitrogen and oxygen atoms in total. The SMILES string of the molecule is CCOCCn1/c(=N/S(=O)(=O)c2ccc(Cl)cc2)sc2cc(OC)ccc21. The van der Waals surface area contributed by atoms with Crippen molar-refractivity contribution in [2.24, 2.45) is 4.40 Å². The first-order valence-corrected chi connectivity index (χ1v) is 10.9. The van der Waals surface area contributed by atoms with Crippen LogP contribution in [-0.2, 0) is 21.3 Å². The third kappa shape index (κ3) is 4.52. The lowest BCUT2D eigenvalue weighted by Gasteiger charge is -2.06. The number of aromatic nitrogens is 1. The number of nitrogens with zero attached hydrogens (tertiary/aromatic N) is 2. The van der Waals surface area contributed by atoms with Crippen LogP contribution in [0, 0.1) is 0 Å². The lowest BCUT2D eigenvalue weighted by Crippen LogP contribution is -2.19. The summed E-state index contributed by atoms with van der Waals surface area (Å²) in [4.78, 5) is 0.478. The van der Waals surface area contributed by atoms with Gasteiger partial charge in [-0.1, -0.05) is 22.9 Å². The molecule has 0 aliphatic rings. The predicted molar refractivity (Wildman–Crippen MR) is 107 cm³/mol. The molecule has 0 fully saturated rings. The maximum atomic E-state index is 12.7. The van der Waals surface area contributed by atoms with Gasteiger partial charge >= 0.3 is 0 Å². The molecule has 3 aromatic rings. The third-order valence-corrected chi connectivity index (χ3v) is 6.55. The number of hydrogen-bond acceptors (Lipinski definition) is 5. The molecule has 1 aromatic heterocycles. The van der Waals surface area contributed by atoms with E-state index < -0.39 is 10.0 Å². The molecule has 0 unspecified atom stereocenters. The quantitative estimate of drug-likeness (QED) is 0.540. The van der Waals surface area contributed by atoms with Gasteiger partial charge in [-0.15, -0.1) is 4.40 Å². The minimum atomic E-state index is -3.86. The van der Waals surface area contributed by atoms with Crippen LogP contribution in [0.2, 0.25) is 5.02 Å². The molecule has 0 radical (unpaired) electrons. The van der Waals surface area contributed by atoms with Crippen LogP contribution < -0.4 is 9.54 Å². The van der Waals surface area contributed by atoms with Gasteiger partial charge in [0.2, 0.25) is 4.80 Å². The van der Waals surface area contributed by atoms with E-state index in [0.29, 0.717) is 35.3 Å². The number of ether oxygens (including phenoxy) is 2. The Kier molecular flexibility index (Phi) is 6.21. The van der Waals surface area contributed by atoms with Crippen LogP contribution in [0.5, 0.6) is 5.75 Å². The Morgan fingerprint density at radius 1 is 1.19 bits per heavy atom. The molecule has 0 amide bonds. The maximum absolute atomic E-state index is 12.7. The van der Waals surface area contributed by atoms with Crippen LogP contribution >= 0.6 is 22.9 Å². The molecule has 2 aromatic carbocycles. The second-order valence-corrected chi connectivity index (χ2v) is 8.64. The van der Waals surface area contributed by atoms with Crippen molar-refractivity contribution >= 4 is 43.2 Å². The number of sulfonamides is 1. The van der Waals surface area contributed by atoms with E-state index in [0.717, 1.165) is 10.2 Å². The number of methoxy groups -OCH3 is 1. The molecular weight excluding hydrogens is 408 g/mol. The lowest BCUT2D eigenvalue weighted by molar-refractivity contribution is 0.139. The Labute approximate surface area is 166 Å². The molecular formula is C18H19ClN2O4S2. The molecule has 27 heavy (non-hydrogen) atoms. The van der Waals surface area contributed by atoms with Crippen molar-refractivity contribution in [2.45, 2.75) is 18.4 Å². The second kappa shape index (κ2) is 8.43. The Bertz CT molecular complexity index is 1100. The smallest absolute Gasteiger partial charge is 0.285 e. The molecule has 0 N–H and O–H groups in total. The summed E-state index contributed by atoms with van der Waals surface area (Å²) in [6.45, 7) is 3.46. The third-order valence-electron chi connectivity index (χ3n) is 3.86. The van der Waals surface area contributed by atoms with Crippen LogP contribution in [0.25, 0.3) is 10.2 Å². The van der Waals surface area contributed by atoms with E-state index in [-0.39, 0.29) is 4.90 Å². The fraction of sp³-hybridized carbons (Fsp3) is 0.278. The zero-order chi connectivity index (χ0) is 19.4. The molecule has 0 aliphatic carbocycles. The highest BCUT2D eigenvalue weighted by molar-refractivity contribution is 7.90. The van der Waals surface area contributed by atoms with Gasteiger partial charge in [0.1, 0.15) is 5.75 Å². The van der Waals surface area contributed by atoms with Crippen LogP contribution in [0.15, 0.2) is 51.8 Å². The summed E-state index contributed by atoms with van der Waals surface area (Å²) in [5, 5.41) is 0.467.